The zero-order valence-electron chi connectivity index (χ0n) is 12.3. The highest BCUT2D eigenvalue weighted by Gasteiger charge is 2.30. The highest BCUT2D eigenvalue weighted by Crippen LogP contribution is 2.29. The molecule has 8 heteroatoms. The molecule has 1 fully saturated rings. The Labute approximate surface area is 148 Å². The van der Waals surface area contributed by atoms with Gasteiger partial charge in [0.2, 0.25) is 10.0 Å². The number of halogens is 3. The van der Waals surface area contributed by atoms with E-state index in [0.29, 0.717) is 34.6 Å². The lowest BCUT2D eigenvalue weighted by Gasteiger charge is -2.33. The Morgan fingerprint density at radius 3 is 2.23 bits per heavy atom. The van der Waals surface area contributed by atoms with Crippen LogP contribution in [0.1, 0.15) is 25.3 Å². The first-order valence-electron chi connectivity index (χ1n) is 6.97. The predicted molar refractivity (Wildman–Crippen MR) is 94.3 cm³/mol. The summed E-state index contributed by atoms with van der Waals surface area (Å²) < 4.78 is 26.5. The number of benzene rings is 1. The van der Waals surface area contributed by atoms with Crippen molar-refractivity contribution < 1.29 is 8.42 Å². The zero-order valence-corrected chi connectivity index (χ0v) is 15.5. The van der Waals surface area contributed by atoms with Gasteiger partial charge in [-0.3, -0.25) is 0 Å². The van der Waals surface area contributed by atoms with Gasteiger partial charge in [0.05, 0.1) is 5.75 Å². The highest BCUT2D eigenvalue weighted by molar-refractivity contribution is 7.88. The van der Waals surface area contributed by atoms with Crippen molar-refractivity contribution >= 4 is 45.6 Å². The van der Waals surface area contributed by atoms with E-state index < -0.39 is 10.0 Å². The fraction of sp³-hybridized carbons (Fsp3) is 0.571. The van der Waals surface area contributed by atoms with Crippen molar-refractivity contribution in [2.24, 2.45) is 11.7 Å². The van der Waals surface area contributed by atoms with Crippen LogP contribution in [-0.4, -0.2) is 31.9 Å². The van der Waals surface area contributed by atoms with Crippen LogP contribution in [0.4, 0.5) is 0 Å². The van der Waals surface area contributed by atoms with Gasteiger partial charge in [-0.05, 0) is 37.8 Å². The molecule has 0 spiro atoms. The van der Waals surface area contributed by atoms with Gasteiger partial charge in [0.25, 0.3) is 0 Å². The minimum absolute atomic E-state index is 0. The molecule has 2 rings (SSSR count). The number of hydrogen-bond donors (Lipinski definition) is 1. The average Bonchev–Trinajstić information content (AvgIpc) is 2.43. The van der Waals surface area contributed by atoms with Gasteiger partial charge in [0.15, 0.2) is 0 Å². The van der Waals surface area contributed by atoms with Crippen molar-refractivity contribution in [2.45, 2.75) is 31.6 Å². The highest BCUT2D eigenvalue weighted by atomic mass is 35.5. The maximum Gasteiger partial charge on any atom is 0.218 e. The van der Waals surface area contributed by atoms with E-state index in [9.17, 15) is 8.42 Å². The van der Waals surface area contributed by atoms with Gasteiger partial charge in [-0.15, -0.1) is 12.4 Å². The Bertz CT molecular complexity index is 580. The van der Waals surface area contributed by atoms with E-state index in [2.05, 4.69) is 0 Å². The van der Waals surface area contributed by atoms with Crippen LogP contribution in [0.3, 0.4) is 0 Å². The van der Waals surface area contributed by atoms with E-state index >= 15 is 0 Å². The number of sulfonamides is 1. The Morgan fingerprint density at radius 1 is 1.27 bits per heavy atom. The maximum absolute atomic E-state index is 12.5. The van der Waals surface area contributed by atoms with E-state index in [1.54, 1.807) is 18.2 Å². The topological polar surface area (TPSA) is 63.4 Å². The van der Waals surface area contributed by atoms with Crippen LogP contribution < -0.4 is 5.73 Å². The second-order valence-corrected chi connectivity index (χ2v) is 8.34. The third-order valence-corrected chi connectivity index (χ3v) is 6.54. The molecule has 0 radical (unpaired) electrons. The summed E-state index contributed by atoms with van der Waals surface area (Å²) in [5, 5.41) is 0.771. The summed E-state index contributed by atoms with van der Waals surface area (Å²) in [7, 11) is -3.41. The average molecular weight is 388 g/mol. The lowest BCUT2D eigenvalue weighted by atomic mass is 9.92. The summed E-state index contributed by atoms with van der Waals surface area (Å²) in [6, 6.07) is 5.11. The Kier molecular flexibility index (Phi) is 7.43. The minimum Gasteiger partial charge on any atom is -0.328 e. The molecule has 4 nitrogen and oxygen atoms in total. The fourth-order valence-electron chi connectivity index (χ4n) is 2.62. The van der Waals surface area contributed by atoms with E-state index in [0.717, 1.165) is 12.8 Å². The largest absolute Gasteiger partial charge is 0.328 e. The molecule has 1 unspecified atom stereocenters. The number of nitrogens with two attached hydrogens (primary N) is 1. The molecule has 1 aromatic carbocycles. The Hall–Kier alpha value is -0.0400. The van der Waals surface area contributed by atoms with Crippen LogP contribution in [0.25, 0.3) is 0 Å². The molecule has 1 aliphatic rings. The molecule has 1 aromatic rings. The fourth-order valence-corrected chi connectivity index (χ4v) is 4.94. The van der Waals surface area contributed by atoms with E-state index in [-0.39, 0.29) is 24.2 Å². The first-order chi connectivity index (χ1) is 9.81. The van der Waals surface area contributed by atoms with Crippen molar-refractivity contribution in [1.29, 1.82) is 0 Å². The normalized spacial score (nSPS) is 18.7. The molecule has 22 heavy (non-hydrogen) atoms. The molecule has 0 bridgehead atoms. The minimum atomic E-state index is -3.41. The summed E-state index contributed by atoms with van der Waals surface area (Å²) in [5.74, 6) is 0.231. The first kappa shape index (κ1) is 20.0. The van der Waals surface area contributed by atoms with Gasteiger partial charge in [0.1, 0.15) is 0 Å². The van der Waals surface area contributed by atoms with E-state index in [1.807, 2.05) is 6.92 Å². The molecule has 0 saturated carbocycles. The van der Waals surface area contributed by atoms with Crippen molar-refractivity contribution in [3.8, 4) is 0 Å². The zero-order chi connectivity index (χ0) is 15.6. The van der Waals surface area contributed by atoms with Crippen molar-refractivity contribution in [1.82, 2.24) is 4.31 Å². The second-order valence-electron chi connectivity index (χ2n) is 5.55. The Balaban J connectivity index is 0.00000242. The third-order valence-electron chi connectivity index (χ3n) is 4.02. The van der Waals surface area contributed by atoms with E-state index in [4.69, 9.17) is 28.9 Å². The van der Waals surface area contributed by atoms with Crippen molar-refractivity contribution in [3.05, 3.63) is 33.8 Å². The molecule has 1 aliphatic heterocycles. The molecule has 0 aromatic heterocycles. The molecular weight excluding hydrogens is 367 g/mol. The monoisotopic (exact) mass is 386 g/mol. The Morgan fingerprint density at radius 2 is 1.77 bits per heavy atom. The summed E-state index contributed by atoms with van der Waals surface area (Å²) in [6.45, 7) is 2.99. The van der Waals surface area contributed by atoms with Crippen LogP contribution in [0.5, 0.6) is 0 Å². The van der Waals surface area contributed by atoms with Gasteiger partial charge in [-0.2, -0.15) is 0 Å². The summed E-state index contributed by atoms with van der Waals surface area (Å²) in [4.78, 5) is 0. The lowest BCUT2D eigenvalue weighted by molar-refractivity contribution is 0.250. The first-order valence-corrected chi connectivity index (χ1v) is 9.34. The quantitative estimate of drug-likeness (QED) is 0.862. The number of hydrogen-bond acceptors (Lipinski definition) is 3. The number of rotatable bonds is 4. The van der Waals surface area contributed by atoms with Gasteiger partial charge >= 0.3 is 0 Å². The third kappa shape index (κ3) is 4.73. The lowest BCUT2D eigenvalue weighted by Crippen LogP contribution is -2.42. The van der Waals surface area contributed by atoms with Gasteiger partial charge in [-0.1, -0.05) is 29.3 Å². The SMILES string of the molecule is CC(N)C1CCN(S(=O)(=O)Cc2c(Cl)cccc2Cl)CC1.Cl. The van der Waals surface area contributed by atoms with Crippen LogP contribution >= 0.6 is 35.6 Å². The molecule has 2 N–H and O–H groups in total. The summed E-state index contributed by atoms with van der Waals surface area (Å²) in [6.07, 6.45) is 1.60. The van der Waals surface area contributed by atoms with Crippen LogP contribution in [0.15, 0.2) is 18.2 Å². The molecule has 1 saturated heterocycles. The van der Waals surface area contributed by atoms with Crippen molar-refractivity contribution in [3.63, 3.8) is 0 Å². The van der Waals surface area contributed by atoms with Gasteiger partial charge in [0, 0.05) is 34.7 Å². The predicted octanol–water partition coefficient (Wildman–Crippen LogP) is 3.30. The molecule has 1 heterocycles. The van der Waals surface area contributed by atoms with Crippen LogP contribution in [0, 0.1) is 5.92 Å². The van der Waals surface area contributed by atoms with Crippen LogP contribution in [-0.2, 0) is 15.8 Å². The summed E-state index contributed by atoms with van der Waals surface area (Å²) in [5.41, 5.74) is 6.35. The molecular formula is C14H21Cl3N2O2S. The van der Waals surface area contributed by atoms with E-state index in [1.165, 1.54) is 4.31 Å². The smallest absolute Gasteiger partial charge is 0.218 e. The second kappa shape index (κ2) is 8.18. The molecule has 126 valence electrons. The number of piperidine rings is 1. The number of nitrogens with zero attached hydrogens (tertiary/aromatic N) is 1. The summed E-state index contributed by atoms with van der Waals surface area (Å²) >= 11 is 12.1. The van der Waals surface area contributed by atoms with Gasteiger partial charge < -0.3 is 5.73 Å². The van der Waals surface area contributed by atoms with Crippen LogP contribution in [0.2, 0.25) is 10.0 Å². The maximum atomic E-state index is 12.5. The molecule has 0 aliphatic carbocycles. The van der Waals surface area contributed by atoms with Gasteiger partial charge in [-0.25, -0.2) is 12.7 Å². The molecule has 1 atom stereocenters. The molecule has 0 amide bonds. The van der Waals surface area contributed by atoms with Crippen molar-refractivity contribution in [2.75, 3.05) is 13.1 Å². The standard InChI is InChI=1S/C14H20Cl2N2O2S.ClH/c1-10(17)11-5-7-18(8-6-11)21(19,20)9-12-13(15)3-2-4-14(12)16;/h2-4,10-11H,5-9,17H2,1H3;1H.